The molecule has 6 nitrogen and oxygen atoms in total. The van der Waals surface area contributed by atoms with E-state index in [9.17, 15) is 9.18 Å². The van der Waals surface area contributed by atoms with Gasteiger partial charge in [0.1, 0.15) is 5.82 Å². The molecular formula is C14H22FIN4O2. The zero-order valence-electron chi connectivity index (χ0n) is 12.7. The van der Waals surface area contributed by atoms with Crippen LogP contribution in [0.1, 0.15) is 5.56 Å². The Bertz CT molecular complexity index is 486. The summed E-state index contributed by atoms with van der Waals surface area (Å²) in [6.45, 7) is 1.46. The summed E-state index contributed by atoms with van der Waals surface area (Å²) in [5.74, 6) is 0.0386. The summed E-state index contributed by atoms with van der Waals surface area (Å²) in [5, 5.41) is 8.56. The fourth-order valence-electron chi connectivity index (χ4n) is 1.57. The second-order valence-corrected chi connectivity index (χ2v) is 4.25. The van der Waals surface area contributed by atoms with E-state index in [0.717, 1.165) is 5.56 Å². The summed E-state index contributed by atoms with van der Waals surface area (Å²) in [6.07, 6.45) is 0. The Labute approximate surface area is 146 Å². The minimum absolute atomic E-state index is 0. The van der Waals surface area contributed by atoms with E-state index in [2.05, 4.69) is 20.9 Å². The molecule has 1 aromatic rings. The van der Waals surface area contributed by atoms with Gasteiger partial charge in [0.25, 0.3) is 0 Å². The van der Waals surface area contributed by atoms with E-state index in [1.54, 1.807) is 26.3 Å². The monoisotopic (exact) mass is 424 g/mol. The fourth-order valence-corrected chi connectivity index (χ4v) is 1.57. The van der Waals surface area contributed by atoms with Crippen molar-refractivity contribution in [3.8, 4) is 0 Å². The molecule has 0 fully saturated rings. The first-order valence-corrected chi connectivity index (χ1v) is 6.60. The average molecular weight is 424 g/mol. The number of carbonyl (C=O) groups excluding carboxylic acids is 1. The van der Waals surface area contributed by atoms with Crippen LogP contribution in [0.2, 0.25) is 0 Å². The minimum atomic E-state index is -0.283. The average Bonchev–Trinajstić information content (AvgIpc) is 2.48. The molecule has 0 saturated carbocycles. The lowest BCUT2D eigenvalue weighted by atomic mass is 10.2. The van der Waals surface area contributed by atoms with Crippen LogP contribution >= 0.6 is 24.0 Å². The quantitative estimate of drug-likeness (QED) is 0.263. The van der Waals surface area contributed by atoms with E-state index in [0.29, 0.717) is 25.7 Å². The number of guanidine groups is 1. The topological polar surface area (TPSA) is 74.8 Å². The molecule has 1 rings (SSSR count). The Morgan fingerprint density at radius 2 is 2.09 bits per heavy atom. The third kappa shape index (κ3) is 8.78. The van der Waals surface area contributed by atoms with Crippen molar-refractivity contribution >= 4 is 35.8 Å². The van der Waals surface area contributed by atoms with Crippen molar-refractivity contribution in [2.24, 2.45) is 4.99 Å². The zero-order valence-corrected chi connectivity index (χ0v) is 15.0. The molecule has 22 heavy (non-hydrogen) atoms. The summed E-state index contributed by atoms with van der Waals surface area (Å²) < 4.78 is 17.9. The number of halogens is 2. The van der Waals surface area contributed by atoms with Crippen molar-refractivity contribution in [1.82, 2.24) is 16.0 Å². The lowest BCUT2D eigenvalue weighted by Gasteiger charge is -2.12. The highest BCUT2D eigenvalue weighted by Crippen LogP contribution is 2.02. The van der Waals surface area contributed by atoms with Crippen molar-refractivity contribution in [1.29, 1.82) is 0 Å². The van der Waals surface area contributed by atoms with Crippen molar-refractivity contribution in [2.75, 3.05) is 33.9 Å². The number of nitrogens with one attached hydrogen (secondary N) is 3. The maximum Gasteiger partial charge on any atom is 0.239 e. The second kappa shape index (κ2) is 12.2. The summed E-state index contributed by atoms with van der Waals surface area (Å²) in [7, 11) is 3.17. The third-order valence-electron chi connectivity index (χ3n) is 2.62. The molecule has 0 heterocycles. The van der Waals surface area contributed by atoms with E-state index in [1.807, 2.05) is 0 Å². The van der Waals surface area contributed by atoms with Crippen LogP contribution in [0.3, 0.4) is 0 Å². The number of amides is 1. The standard InChI is InChI=1S/C14H21FN4O2.HI/c1-16-14(19-10-13(20)17-6-7-21-2)18-9-11-4-3-5-12(15)8-11;/h3-5,8H,6-7,9-10H2,1-2H3,(H,17,20)(H2,16,18,19);1H. The normalized spacial score (nSPS) is 10.6. The molecule has 124 valence electrons. The Morgan fingerprint density at radius 3 is 2.73 bits per heavy atom. The summed E-state index contributed by atoms with van der Waals surface area (Å²) in [5.41, 5.74) is 0.794. The third-order valence-corrected chi connectivity index (χ3v) is 2.62. The van der Waals surface area contributed by atoms with Crippen LogP contribution in [-0.2, 0) is 16.1 Å². The van der Waals surface area contributed by atoms with Gasteiger partial charge in [-0.2, -0.15) is 0 Å². The van der Waals surface area contributed by atoms with Gasteiger partial charge in [0, 0.05) is 27.2 Å². The Morgan fingerprint density at radius 1 is 1.32 bits per heavy atom. The van der Waals surface area contributed by atoms with Gasteiger partial charge in [0.2, 0.25) is 5.91 Å². The molecule has 0 aliphatic heterocycles. The molecule has 0 bridgehead atoms. The maximum absolute atomic E-state index is 13.0. The fraction of sp³-hybridized carbons (Fsp3) is 0.429. The number of benzene rings is 1. The van der Waals surface area contributed by atoms with E-state index >= 15 is 0 Å². The first kappa shape index (κ1) is 20.6. The van der Waals surface area contributed by atoms with Crippen molar-refractivity contribution in [3.05, 3.63) is 35.6 Å². The highest BCUT2D eigenvalue weighted by molar-refractivity contribution is 14.0. The first-order chi connectivity index (χ1) is 10.2. The molecule has 0 aliphatic rings. The van der Waals surface area contributed by atoms with Crippen LogP contribution in [0.25, 0.3) is 0 Å². The number of rotatable bonds is 7. The van der Waals surface area contributed by atoms with Crippen LogP contribution < -0.4 is 16.0 Å². The molecule has 0 aromatic heterocycles. The maximum atomic E-state index is 13.0. The van der Waals surface area contributed by atoms with Crippen LogP contribution in [0.4, 0.5) is 4.39 Å². The van der Waals surface area contributed by atoms with Gasteiger partial charge in [-0.1, -0.05) is 12.1 Å². The number of nitrogens with zero attached hydrogens (tertiary/aromatic N) is 1. The van der Waals surface area contributed by atoms with Crippen molar-refractivity contribution < 1.29 is 13.9 Å². The molecule has 1 amide bonds. The van der Waals surface area contributed by atoms with Crippen LogP contribution in [0.5, 0.6) is 0 Å². The predicted octanol–water partition coefficient (Wildman–Crippen LogP) is 0.871. The summed E-state index contributed by atoms with van der Waals surface area (Å²) in [4.78, 5) is 15.5. The number of hydrogen-bond acceptors (Lipinski definition) is 3. The van der Waals surface area contributed by atoms with Gasteiger partial charge < -0.3 is 20.7 Å². The van der Waals surface area contributed by atoms with Gasteiger partial charge in [-0.05, 0) is 17.7 Å². The van der Waals surface area contributed by atoms with Gasteiger partial charge in [0.15, 0.2) is 5.96 Å². The smallest absolute Gasteiger partial charge is 0.239 e. The highest BCUT2D eigenvalue weighted by Gasteiger charge is 2.03. The lowest BCUT2D eigenvalue weighted by Crippen LogP contribution is -2.43. The van der Waals surface area contributed by atoms with Gasteiger partial charge in [-0.25, -0.2) is 4.39 Å². The van der Waals surface area contributed by atoms with Crippen molar-refractivity contribution in [2.45, 2.75) is 6.54 Å². The van der Waals surface area contributed by atoms with Gasteiger partial charge in [-0.15, -0.1) is 24.0 Å². The van der Waals surface area contributed by atoms with Crippen LogP contribution in [0, 0.1) is 5.82 Å². The Balaban J connectivity index is 0.00000441. The molecule has 0 aliphatic carbocycles. The molecule has 0 radical (unpaired) electrons. The SMILES string of the molecule is CN=C(NCC(=O)NCCOC)NCc1cccc(F)c1.I. The number of carbonyl (C=O) groups is 1. The van der Waals surface area contributed by atoms with E-state index in [1.165, 1.54) is 12.1 Å². The molecular weight excluding hydrogens is 402 g/mol. The highest BCUT2D eigenvalue weighted by atomic mass is 127. The molecule has 0 saturated heterocycles. The largest absolute Gasteiger partial charge is 0.383 e. The number of methoxy groups -OCH3 is 1. The molecule has 8 heteroatoms. The Hall–Kier alpha value is -1.42. The Kier molecular flexibility index (Phi) is 11.4. The van der Waals surface area contributed by atoms with Crippen molar-refractivity contribution in [3.63, 3.8) is 0 Å². The molecule has 0 spiro atoms. The number of ether oxygens (including phenoxy) is 1. The van der Waals surface area contributed by atoms with Gasteiger partial charge in [-0.3, -0.25) is 9.79 Å². The summed E-state index contributed by atoms with van der Waals surface area (Å²) in [6, 6.07) is 6.28. The minimum Gasteiger partial charge on any atom is -0.383 e. The zero-order chi connectivity index (χ0) is 15.5. The lowest BCUT2D eigenvalue weighted by molar-refractivity contribution is -0.120. The molecule has 0 atom stereocenters. The molecule has 1 aromatic carbocycles. The van der Waals surface area contributed by atoms with E-state index in [-0.39, 0.29) is 42.2 Å². The van der Waals surface area contributed by atoms with Crippen LogP contribution in [0.15, 0.2) is 29.3 Å². The summed E-state index contributed by atoms with van der Waals surface area (Å²) >= 11 is 0. The van der Waals surface area contributed by atoms with E-state index in [4.69, 9.17) is 4.74 Å². The predicted molar refractivity (Wildman–Crippen MR) is 94.9 cm³/mol. The second-order valence-electron chi connectivity index (χ2n) is 4.25. The number of hydrogen-bond donors (Lipinski definition) is 3. The van der Waals surface area contributed by atoms with E-state index < -0.39 is 0 Å². The van der Waals surface area contributed by atoms with Gasteiger partial charge >= 0.3 is 0 Å². The van der Waals surface area contributed by atoms with Crippen LogP contribution in [-0.4, -0.2) is 45.7 Å². The van der Waals surface area contributed by atoms with Gasteiger partial charge in [0.05, 0.1) is 13.2 Å². The molecule has 0 unspecified atom stereocenters. The number of aliphatic imine (C=N–C) groups is 1. The first-order valence-electron chi connectivity index (χ1n) is 6.60. The molecule has 3 N–H and O–H groups in total.